The van der Waals surface area contributed by atoms with Crippen LogP contribution in [0.5, 0.6) is 0 Å². The van der Waals surface area contributed by atoms with Crippen molar-refractivity contribution in [2.24, 2.45) is 0 Å². The van der Waals surface area contributed by atoms with Crippen molar-refractivity contribution in [3.05, 3.63) is 21.9 Å². The van der Waals surface area contributed by atoms with E-state index in [4.69, 9.17) is 33.9 Å². The Bertz CT molecular complexity index is 491. The molecule has 1 heterocycles. The standard InChI is InChI=1S/C6H2Cl3F2NO2S/c7-2-1-3(8)12-4(6(10)11)5(2)15(9,13)14/h1,6H. The molecule has 0 aliphatic heterocycles. The summed E-state index contributed by atoms with van der Waals surface area (Å²) in [5.74, 6) is 0. The maximum absolute atomic E-state index is 12.4. The highest BCUT2D eigenvalue weighted by molar-refractivity contribution is 8.13. The molecule has 0 aliphatic carbocycles. The fourth-order valence-corrected chi connectivity index (χ4v) is 2.92. The van der Waals surface area contributed by atoms with E-state index in [1.54, 1.807) is 0 Å². The second kappa shape index (κ2) is 4.37. The molecule has 0 saturated heterocycles. The van der Waals surface area contributed by atoms with Gasteiger partial charge in [0, 0.05) is 10.7 Å². The Hall–Kier alpha value is -0.170. The third-order valence-electron chi connectivity index (χ3n) is 1.37. The number of hydrogen-bond donors (Lipinski definition) is 0. The summed E-state index contributed by atoms with van der Waals surface area (Å²) in [4.78, 5) is 2.26. The van der Waals surface area contributed by atoms with E-state index < -0.39 is 31.1 Å². The molecule has 1 rings (SSSR count). The van der Waals surface area contributed by atoms with Crippen LogP contribution in [0, 0.1) is 0 Å². The molecule has 84 valence electrons. The second-order valence-corrected chi connectivity index (χ2v) is 5.68. The van der Waals surface area contributed by atoms with Gasteiger partial charge in [-0.25, -0.2) is 22.2 Å². The van der Waals surface area contributed by atoms with E-state index >= 15 is 0 Å². The molecule has 1 aromatic heterocycles. The highest BCUT2D eigenvalue weighted by Gasteiger charge is 2.27. The number of hydrogen-bond acceptors (Lipinski definition) is 3. The van der Waals surface area contributed by atoms with Gasteiger partial charge in [-0.15, -0.1) is 0 Å². The molecule has 0 atom stereocenters. The minimum Gasteiger partial charge on any atom is -0.234 e. The minimum atomic E-state index is -4.39. The molecule has 0 unspecified atom stereocenters. The van der Waals surface area contributed by atoms with Gasteiger partial charge in [0.2, 0.25) is 0 Å². The Morgan fingerprint density at radius 3 is 2.27 bits per heavy atom. The van der Waals surface area contributed by atoms with Crippen molar-refractivity contribution >= 4 is 42.9 Å². The second-order valence-electron chi connectivity index (χ2n) is 2.38. The maximum Gasteiger partial charge on any atom is 0.281 e. The zero-order chi connectivity index (χ0) is 11.8. The molecule has 3 nitrogen and oxygen atoms in total. The van der Waals surface area contributed by atoms with Gasteiger partial charge in [-0.1, -0.05) is 23.2 Å². The van der Waals surface area contributed by atoms with E-state index in [-0.39, 0.29) is 5.15 Å². The maximum atomic E-state index is 12.4. The number of aromatic nitrogens is 1. The van der Waals surface area contributed by atoms with Gasteiger partial charge in [-0.05, 0) is 6.07 Å². The minimum absolute atomic E-state index is 0.334. The Morgan fingerprint density at radius 2 is 1.87 bits per heavy atom. The smallest absolute Gasteiger partial charge is 0.234 e. The summed E-state index contributed by atoms with van der Waals surface area (Å²) >= 11 is 10.8. The lowest BCUT2D eigenvalue weighted by molar-refractivity contribution is 0.142. The molecule has 0 saturated carbocycles. The van der Waals surface area contributed by atoms with E-state index in [9.17, 15) is 17.2 Å². The average Bonchev–Trinajstić information content (AvgIpc) is 1.99. The lowest BCUT2D eigenvalue weighted by atomic mass is 10.3. The Kier molecular flexibility index (Phi) is 3.76. The van der Waals surface area contributed by atoms with E-state index in [1.807, 2.05) is 0 Å². The van der Waals surface area contributed by atoms with Gasteiger partial charge in [-0.3, -0.25) is 0 Å². The SMILES string of the molecule is O=S(=O)(Cl)c1c(Cl)cc(Cl)nc1C(F)F. The van der Waals surface area contributed by atoms with Crippen LogP contribution in [0.15, 0.2) is 11.0 Å². The lowest BCUT2D eigenvalue weighted by Crippen LogP contribution is -2.03. The topological polar surface area (TPSA) is 47.0 Å². The summed E-state index contributed by atoms with van der Waals surface area (Å²) in [5.41, 5.74) is -1.05. The van der Waals surface area contributed by atoms with Crippen LogP contribution >= 0.6 is 33.9 Å². The fraction of sp³-hybridized carbons (Fsp3) is 0.167. The van der Waals surface area contributed by atoms with Crippen LogP contribution in [-0.4, -0.2) is 13.4 Å². The molecule has 0 amide bonds. The van der Waals surface area contributed by atoms with Crippen molar-refractivity contribution in [3.63, 3.8) is 0 Å². The van der Waals surface area contributed by atoms with Crippen LogP contribution in [-0.2, 0) is 9.05 Å². The molecule has 15 heavy (non-hydrogen) atoms. The molecule has 1 aromatic rings. The first-order chi connectivity index (χ1) is 6.73. The van der Waals surface area contributed by atoms with Crippen molar-refractivity contribution < 1.29 is 17.2 Å². The van der Waals surface area contributed by atoms with Crippen molar-refractivity contribution in [3.8, 4) is 0 Å². The molecule has 0 aliphatic rings. The van der Waals surface area contributed by atoms with E-state index in [0.29, 0.717) is 0 Å². The molecule has 0 radical (unpaired) electrons. The zero-order valence-electron chi connectivity index (χ0n) is 6.72. The number of nitrogens with zero attached hydrogens (tertiary/aromatic N) is 1. The van der Waals surface area contributed by atoms with Crippen molar-refractivity contribution in [1.29, 1.82) is 0 Å². The largest absolute Gasteiger partial charge is 0.281 e. The summed E-state index contributed by atoms with van der Waals surface area (Å²) in [6.45, 7) is 0. The lowest BCUT2D eigenvalue weighted by Gasteiger charge is -2.07. The van der Waals surface area contributed by atoms with Gasteiger partial charge in [0.15, 0.2) is 0 Å². The molecular formula is C6H2Cl3F2NO2S. The van der Waals surface area contributed by atoms with Crippen LogP contribution in [0.2, 0.25) is 10.2 Å². The van der Waals surface area contributed by atoms with Gasteiger partial charge in [0.05, 0.1) is 5.02 Å². The zero-order valence-corrected chi connectivity index (χ0v) is 9.80. The van der Waals surface area contributed by atoms with Gasteiger partial charge < -0.3 is 0 Å². The predicted molar refractivity (Wildman–Crippen MR) is 52.3 cm³/mol. The quantitative estimate of drug-likeness (QED) is 0.621. The van der Waals surface area contributed by atoms with Crippen LogP contribution in [0.3, 0.4) is 0 Å². The molecule has 0 bridgehead atoms. The number of pyridine rings is 1. The Balaban J connectivity index is 3.62. The number of rotatable bonds is 2. The fourth-order valence-electron chi connectivity index (χ4n) is 0.880. The summed E-state index contributed by atoms with van der Waals surface area (Å²) in [5, 5.41) is -0.820. The first kappa shape index (κ1) is 12.9. The highest BCUT2D eigenvalue weighted by atomic mass is 35.7. The highest BCUT2D eigenvalue weighted by Crippen LogP contribution is 2.34. The molecule has 0 spiro atoms. The van der Waals surface area contributed by atoms with E-state index in [0.717, 1.165) is 6.07 Å². The van der Waals surface area contributed by atoms with Crippen LogP contribution in [0.25, 0.3) is 0 Å². The van der Waals surface area contributed by atoms with Crippen molar-refractivity contribution in [2.45, 2.75) is 11.3 Å². The number of alkyl halides is 2. The molecule has 0 N–H and O–H groups in total. The molecular weight excluding hydrogens is 294 g/mol. The molecule has 9 heteroatoms. The van der Waals surface area contributed by atoms with Crippen molar-refractivity contribution in [2.75, 3.05) is 0 Å². The van der Waals surface area contributed by atoms with Gasteiger partial charge in [0.1, 0.15) is 15.7 Å². The monoisotopic (exact) mass is 295 g/mol. The number of halogens is 5. The van der Waals surface area contributed by atoms with E-state index in [2.05, 4.69) is 4.98 Å². The van der Waals surface area contributed by atoms with Crippen molar-refractivity contribution in [1.82, 2.24) is 4.98 Å². The Morgan fingerprint density at radius 1 is 1.33 bits per heavy atom. The van der Waals surface area contributed by atoms with Crippen LogP contribution in [0.1, 0.15) is 12.1 Å². The molecule has 0 fully saturated rings. The van der Waals surface area contributed by atoms with Crippen LogP contribution < -0.4 is 0 Å². The Labute approximate surface area is 98.4 Å². The molecule has 0 aromatic carbocycles. The summed E-state index contributed by atoms with van der Waals surface area (Å²) < 4.78 is 46.7. The first-order valence-electron chi connectivity index (χ1n) is 3.32. The van der Waals surface area contributed by atoms with E-state index in [1.165, 1.54) is 0 Å². The summed E-state index contributed by atoms with van der Waals surface area (Å²) in [6.07, 6.45) is -3.13. The predicted octanol–water partition coefficient (Wildman–Crippen LogP) is 3.25. The third-order valence-corrected chi connectivity index (χ3v) is 3.36. The third kappa shape index (κ3) is 2.90. The van der Waals surface area contributed by atoms with Crippen LogP contribution in [0.4, 0.5) is 8.78 Å². The summed E-state index contributed by atoms with van der Waals surface area (Å²) in [7, 11) is 0.550. The van der Waals surface area contributed by atoms with Gasteiger partial charge in [-0.2, -0.15) is 0 Å². The average molecular weight is 297 g/mol. The normalized spacial score (nSPS) is 12.1. The first-order valence-corrected chi connectivity index (χ1v) is 6.38. The summed E-state index contributed by atoms with van der Waals surface area (Å²) in [6, 6.07) is 0.921. The van der Waals surface area contributed by atoms with Gasteiger partial charge >= 0.3 is 0 Å². The van der Waals surface area contributed by atoms with Gasteiger partial charge in [0.25, 0.3) is 15.5 Å².